The third-order valence-electron chi connectivity index (χ3n) is 3.02. The summed E-state index contributed by atoms with van der Waals surface area (Å²) in [5.74, 6) is 1.03. The lowest BCUT2D eigenvalue weighted by Gasteiger charge is -2.17. The molecule has 4 nitrogen and oxygen atoms in total. The highest BCUT2D eigenvalue weighted by Gasteiger charge is 2.21. The second-order valence-electron chi connectivity index (χ2n) is 4.54. The van der Waals surface area contributed by atoms with Gasteiger partial charge in [-0.25, -0.2) is 0 Å². The van der Waals surface area contributed by atoms with Crippen molar-refractivity contribution >= 4 is 11.6 Å². The Bertz CT molecular complexity index is 385. The fraction of sp³-hybridized carbons (Fsp3) is 0.462. The van der Waals surface area contributed by atoms with Crippen molar-refractivity contribution in [2.75, 3.05) is 25.0 Å². The molecule has 1 fully saturated rings. The summed E-state index contributed by atoms with van der Waals surface area (Å²) in [7, 11) is 1.74. The minimum absolute atomic E-state index is 0.0383. The van der Waals surface area contributed by atoms with Crippen LogP contribution in [0.5, 0.6) is 5.75 Å². The zero-order valence-corrected chi connectivity index (χ0v) is 10.0. The second kappa shape index (κ2) is 5.19. The van der Waals surface area contributed by atoms with E-state index < -0.39 is 0 Å². The van der Waals surface area contributed by atoms with E-state index in [0.717, 1.165) is 18.2 Å². The third kappa shape index (κ3) is 3.46. The van der Waals surface area contributed by atoms with Gasteiger partial charge in [0, 0.05) is 12.7 Å². The van der Waals surface area contributed by atoms with Crippen LogP contribution >= 0.6 is 0 Å². The van der Waals surface area contributed by atoms with E-state index in [4.69, 9.17) is 0 Å². The van der Waals surface area contributed by atoms with Crippen LogP contribution in [-0.2, 0) is 4.79 Å². The van der Waals surface area contributed by atoms with Crippen LogP contribution < -0.4 is 10.2 Å². The lowest BCUT2D eigenvalue weighted by Crippen LogP contribution is -2.36. The van der Waals surface area contributed by atoms with Crippen molar-refractivity contribution in [3.63, 3.8) is 0 Å². The molecule has 1 aliphatic carbocycles. The lowest BCUT2D eigenvalue weighted by atomic mass is 10.3. The highest BCUT2D eigenvalue weighted by molar-refractivity contribution is 5.94. The summed E-state index contributed by atoms with van der Waals surface area (Å²) >= 11 is 0. The SMILES string of the molecule is CN(C(=O)CNCC1CC1)c1ccc(O)cc1. The molecule has 1 saturated carbocycles. The first-order chi connectivity index (χ1) is 8.16. The van der Waals surface area contributed by atoms with Crippen LogP contribution in [-0.4, -0.2) is 31.2 Å². The number of carbonyl (C=O) groups is 1. The number of hydrogen-bond donors (Lipinski definition) is 2. The molecule has 17 heavy (non-hydrogen) atoms. The lowest BCUT2D eigenvalue weighted by molar-refractivity contribution is -0.117. The standard InChI is InChI=1S/C13H18N2O2/c1-15(11-4-6-12(16)7-5-11)13(17)9-14-8-10-2-3-10/h4-7,10,14,16H,2-3,8-9H2,1H3. The van der Waals surface area contributed by atoms with E-state index in [2.05, 4.69) is 5.32 Å². The fourth-order valence-corrected chi connectivity index (χ4v) is 1.64. The Labute approximate surface area is 101 Å². The molecule has 2 N–H and O–H groups in total. The van der Waals surface area contributed by atoms with Gasteiger partial charge >= 0.3 is 0 Å². The topological polar surface area (TPSA) is 52.6 Å². The summed E-state index contributed by atoms with van der Waals surface area (Å²) in [5.41, 5.74) is 0.793. The molecule has 0 heterocycles. The molecule has 1 aliphatic rings. The molecule has 0 unspecified atom stereocenters. The van der Waals surface area contributed by atoms with E-state index >= 15 is 0 Å². The van der Waals surface area contributed by atoms with E-state index in [0.29, 0.717) is 6.54 Å². The van der Waals surface area contributed by atoms with Crippen molar-refractivity contribution in [3.05, 3.63) is 24.3 Å². The maximum Gasteiger partial charge on any atom is 0.240 e. The molecular weight excluding hydrogens is 216 g/mol. The average Bonchev–Trinajstić information content (AvgIpc) is 3.13. The number of likely N-dealkylation sites (N-methyl/N-ethyl adjacent to an activating group) is 1. The number of rotatable bonds is 5. The number of hydrogen-bond acceptors (Lipinski definition) is 3. The molecule has 0 aromatic heterocycles. The van der Waals surface area contributed by atoms with Gasteiger partial charge in [0.25, 0.3) is 0 Å². The van der Waals surface area contributed by atoms with Crippen molar-refractivity contribution in [1.82, 2.24) is 5.32 Å². The first kappa shape index (κ1) is 11.9. The highest BCUT2D eigenvalue weighted by Crippen LogP contribution is 2.27. The largest absolute Gasteiger partial charge is 0.508 e. The van der Waals surface area contributed by atoms with Gasteiger partial charge in [0.05, 0.1) is 6.54 Å². The number of aromatic hydroxyl groups is 1. The van der Waals surface area contributed by atoms with Crippen molar-refractivity contribution < 1.29 is 9.90 Å². The van der Waals surface area contributed by atoms with Crippen molar-refractivity contribution in [2.45, 2.75) is 12.8 Å². The van der Waals surface area contributed by atoms with E-state index in [1.54, 1.807) is 36.2 Å². The molecule has 0 atom stereocenters. The Hall–Kier alpha value is -1.55. The summed E-state index contributed by atoms with van der Waals surface area (Å²) in [6, 6.07) is 6.62. The molecule has 0 aliphatic heterocycles. The van der Waals surface area contributed by atoms with Crippen molar-refractivity contribution in [3.8, 4) is 5.75 Å². The number of phenols is 1. The second-order valence-corrected chi connectivity index (χ2v) is 4.54. The highest BCUT2D eigenvalue weighted by atomic mass is 16.3. The van der Waals surface area contributed by atoms with Gasteiger partial charge in [-0.3, -0.25) is 4.79 Å². The number of benzene rings is 1. The Balaban J connectivity index is 1.82. The predicted octanol–water partition coefficient (Wildman–Crippen LogP) is 1.35. The normalized spacial score (nSPS) is 14.6. The van der Waals surface area contributed by atoms with E-state index in [1.807, 2.05) is 0 Å². The van der Waals surface area contributed by atoms with Crippen LogP contribution in [0.25, 0.3) is 0 Å². The minimum atomic E-state index is 0.0383. The number of nitrogens with zero attached hydrogens (tertiary/aromatic N) is 1. The average molecular weight is 234 g/mol. The monoisotopic (exact) mass is 234 g/mol. The molecule has 0 saturated heterocycles. The number of phenolic OH excluding ortho intramolecular Hbond substituents is 1. The Morgan fingerprint density at radius 1 is 1.41 bits per heavy atom. The molecule has 2 rings (SSSR count). The van der Waals surface area contributed by atoms with Crippen LogP contribution in [0.4, 0.5) is 5.69 Å². The number of nitrogens with one attached hydrogen (secondary N) is 1. The van der Waals surface area contributed by atoms with Gasteiger partial charge in [-0.15, -0.1) is 0 Å². The summed E-state index contributed by atoms with van der Waals surface area (Å²) in [4.78, 5) is 13.4. The summed E-state index contributed by atoms with van der Waals surface area (Å²) in [5, 5.41) is 12.3. The van der Waals surface area contributed by atoms with Gasteiger partial charge in [-0.2, -0.15) is 0 Å². The number of carbonyl (C=O) groups excluding carboxylic acids is 1. The fourth-order valence-electron chi connectivity index (χ4n) is 1.64. The van der Waals surface area contributed by atoms with Crippen molar-refractivity contribution in [1.29, 1.82) is 0 Å². The first-order valence-corrected chi connectivity index (χ1v) is 5.93. The smallest absolute Gasteiger partial charge is 0.240 e. The maximum absolute atomic E-state index is 11.8. The van der Waals surface area contributed by atoms with Gasteiger partial charge in [-0.1, -0.05) is 0 Å². The third-order valence-corrected chi connectivity index (χ3v) is 3.02. The van der Waals surface area contributed by atoms with Crippen molar-refractivity contribution in [2.24, 2.45) is 5.92 Å². The summed E-state index contributed by atoms with van der Waals surface area (Å²) in [6.07, 6.45) is 2.57. The van der Waals surface area contributed by atoms with E-state index in [-0.39, 0.29) is 11.7 Å². The van der Waals surface area contributed by atoms with Crippen LogP contribution in [0.2, 0.25) is 0 Å². The van der Waals surface area contributed by atoms with Crippen LogP contribution in [0.3, 0.4) is 0 Å². The molecule has 0 radical (unpaired) electrons. The Morgan fingerprint density at radius 2 is 2.06 bits per heavy atom. The Kier molecular flexibility index (Phi) is 3.64. The first-order valence-electron chi connectivity index (χ1n) is 5.93. The molecule has 92 valence electrons. The van der Waals surface area contributed by atoms with Gasteiger partial charge in [0.1, 0.15) is 5.75 Å². The van der Waals surface area contributed by atoms with Gasteiger partial charge in [0.2, 0.25) is 5.91 Å². The summed E-state index contributed by atoms with van der Waals surface area (Å²) in [6.45, 7) is 1.31. The molecule has 0 spiro atoms. The van der Waals surface area contributed by atoms with Crippen LogP contribution in [0.1, 0.15) is 12.8 Å². The quantitative estimate of drug-likeness (QED) is 0.808. The zero-order valence-electron chi connectivity index (χ0n) is 10.0. The maximum atomic E-state index is 11.8. The molecule has 1 aromatic carbocycles. The molecule has 1 amide bonds. The number of anilines is 1. The molecule has 0 bridgehead atoms. The minimum Gasteiger partial charge on any atom is -0.508 e. The van der Waals surface area contributed by atoms with E-state index in [9.17, 15) is 9.90 Å². The van der Waals surface area contributed by atoms with Gasteiger partial charge < -0.3 is 15.3 Å². The molecular formula is C13H18N2O2. The van der Waals surface area contributed by atoms with E-state index in [1.165, 1.54) is 12.8 Å². The summed E-state index contributed by atoms with van der Waals surface area (Å²) < 4.78 is 0. The van der Waals surface area contributed by atoms with Gasteiger partial charge in [0.15, 0.2) is 0 Å². The van der Waals surface area contributed by atoms with Crippen LogP contribution in [0.15, 0.2) is 24.3 Å². The molecule has 1 aromatic rings. The number of amides is 1. The molecule has 4 heteroatoms. The zero-order chi connectivity index (χ0) is 12.3. The predicted molar refractivity (Wildman–Crippen MR) is 67.1 cm³/mol. The van der Waals surface area contributed by atoms with Crippen LogP contribution in [0, 0.1) is 5.92 Å². The Morgan fingerprint density at radius 3 is 2.65 bits per heavy atom. The van der Waals surface area contributed by atoms with Gasteiger partial charge in [-0.05, 0) is 49.6 Å².